The molecule has 0 aliphatic heterocycles. The van der Waals surface area contributed by atoms with Gasteiger partial charge in [-0.1, -0.05) is 6.92 Å². The number of rotatable bonds is 9. The minimum atomic E-state index is -2.93. The molecule has 0 aromatic carbocycles. The van der Waals surface area contributed by atoms with Crippen molar-refractivity contribution < 1.29 is 22.8 Å². The van der Waals surface area contributed by atoms with Gasteiger partial charge in [0, 0.05) is 26.7 Å². The Labute approximate surface area is 105 Å². The van der Waals surface area contributed by atoms with Crippen LogP contribution in [0.15, 0.2) is 0 Å². The molecule has 0 aromatic rings. The zero-order chi connectivity index (χ0) is 13.3. The molecular weight excluding hydrogens is 240 g/mol. The van der Waals surface area contributed by atoms with Crippen molar-refractivity contribution in [3.63, 3.8) is 0 Å². The van der Waals surface area contributed by atoms with Gasteiger partial charge in [-0.15, -0.1) is 0 Å². The van der Waals surface area contributed by atoms with Crippen LogP contribution in [0.1, 0.15) is 41.0 Å². The molecule has 0 aliphatic rings. The van der Waals surface area contributed by atoms with Crippen LogP contribution in [0.4, 0.5) is 0 Å². The molecule has 5 nitrogen and oxygen atoms in total. The van der Waals surface area contributed by atoms with Gasteiger partial charge in [0.1, 0.15) is 0 Å². The van der Waals surface area contributed by atoms with E-state index in [1.54, 1.807) is 0 Å². The average Bonchev–Trinajstić information content (AvgIpc) is 2.26. The van der Waals surface area contributed by atoms with E-state index in [9.17, 15) is 4.79 Å². The van der Waals surface area contributed by atoms with Crippen molar-refractivity contribution in [2.24, 2.45) is 0 Å². The van der Waals surface area contributed by atoms with Crippen molar-refractivity contribution in [1.29, 1.82) is 0 Å². The first kappa shape index (κ1) is 16.6. The van der Waals surface area contributed by atoms with Crippen LogP contribution < -0.4 is 0 Å². The summed E-state index contributed by atoms with van der Waals surface area (Å²) in [6, 6.07) is 0. The molecule has 0 bridgehead atoms. The highest BCUT2D eigenvalue weighted by Crippen LogP contribution is 2.20. The van der Waals surface area contributed by atoms with Gasteiger partial charge < -0.3 is 18.0 Å². The summed E-state index contributed by atoms with van der Waals surface area (Å²) < 4.78 is 22.3. The first-order chi connectivity index (χ1) is 8.06. The quantitative estimate of drug-likeness (QED) is 0.470. The van der Waals surface area contributed by atoms with Crippen LogP contribution in [-0.4, -0.2) is 40.3 Å². The molecule has 0 heterocycles. The molecule has 1 unspecified atom stereocenters. The summed E-state index contributed by atoms with van der Waals surface area (Å²) in [5.74, 6) is -0.340. The van der Waals surface area contributed by atoms with Crippen LogP contribution in [0, 0.1) is 0 Å². The van der Waals surface area contributed by atoms with Crippen molar-refractivity contribution >= 4 is 14.8 Å². The maximum atomic E-state index is 11.1. The molecule has 1 atom stereocenters. The van der Waals surface area contributed by atoms with E-state index in [0.29, 0.717) is 26.2 Å². The molecule has 0 N–H and O–H groups in total. The molecule has 0 aromatic heterocycles. The van der Waals surface area contributed by atoms with Crippen molar-refractivity contribution in [2.45, 2.75) is 46.8 Å². The summed E-state index contributed by atoms with van der Waals surface area (Å²) in [5.41, 5.74) is -0.431. The first-order valence-electron chi connectivity index (χ1n) is 6.15. The monoisotopic (exact) mass is 264 g/mol. The summed E-state index contributed by atoms with van der Waals surface area (Å²) in [4.78, 5) is 11.1. The van der Waals surface area contributed by atoms with E-state index < -0.39 is 14.5 Å². The molecule has 0 radical (unpaired) electrons. The minimum Gasteiger partial charge on any atom is -0.458 e. The number of carbonyl (C=O) groups is 1. The fourth-order valence-corrected chi connectivity index (χ4v) is 4.44. The van der Waals surface area contributed by atoms with E-state index >= 15 is 0 Å². The SMILES string of the molecule is CCO[Si](OCC)(OCC)C(CC)OC(C)=O. The van der Waals surface area contributed by atoms with E-state index in [2.05, 4.69) is 0 Å². The molecule has 0 fully saturated rings. The Morgan fingerprint density at radius 3 is 1.65 bits per heavy atom. The summed E-state index contributed by atoms with van der Waals surface area (Å²) >= 11 is 0. The Hall–Kier alpha value is -0.433. The lowest BCUT2D eigenvalue weighted by Crippen LogP contribution is -2.57. The summed E-state index contributed by atoms with van der Waals surface area (Å²) in [6.45, 7) is 10.4. The Bertz CT molecular complexity index is 205. The van der Waals surface area contributed by atoms with Crippen LogP contribution >= 0.6 is 0 Å². The molecule has 6 heteroatoms. The van der Waals surface area contributed by atoms with Gasteiger partial charge >= 0.3 is 14.8 Å². The Kier molecular flexibility index (Phi) is 8.41. The maximum Gasteiger partial charge on any atom is 0.544 e. The van der Waals surface area contributed by atoms with E-state index in [1.165, 1.54) is 6.92 Å². The fourth-order valence-electron chi connectivity index (χ4n) is 1.61. The lowest BCUT2D eigenvalue weighted by Gasteiger charge is -2.33. The third-order valence-electron chi connectivity index (χ3n) is 2.11. The molecule has 0 spiro atoms. The molecule has 0 saturated heterocycles. The van der Waals surface area contributed by atoms with E-state index in [-0.39, 0.29) is 5.97 Å². The van der Waals surface area contributed by atoms with Gasteiger partial charge in [-0.3, -0.25) is 4.79 Å². The van der Waals surface area contributed by atoms with Crippen molar-refractivity contribution in [2.75, 3.05) is 19.8 Å². The van der Waals surface area contributed by atoms with Crippen LogP contribution in [0.5, 0.6) is 0 Å². The van der Waals surface area contributed by atoms with Crippen molar-refractivity contribution in [1.82, 2.24) is 0 Å². The second kappa shape index (κ2) is 8.63. The number of ether oxygens (including phenoxy) is 1. The third kappa shape index (κ3) is 5.16. The smallest absolute Gasteiger partial charge is 0.458 e. The first-order valence-corrected chi connectivity index (χ1v) is 7.95. The zero-order valence-electron chi connectivity index (χ0n) is 11.4. The van der Waals surface area contributed by atoms with Crippen molar-refractivity contribution in [3.05, 3.63) is 0 Å². The molecule has 17 heavy (non-hydrogen) atoms. The highest BCUT2D eigenvalue weighted by Gasteiger charge is 2.51. The largest absolute Gasteiger partial charge is 0.544 e. The zero-order valence-corrected chi connectivity index (χ0v) is 12.4. The molecule has 0 amide bonds. The second-order valence-corrected chi connectivity index (χ2v) is 6.13. The standard InChI is InChI=1S/C11H24O5Si/c1-6-11(16-10(5)12)17(13-7-2,14-8-3)15-9-4/h11H,6-9H2,1-5H3. The van der Waals surface area contributed by atoms with Crippen LogP contribution in [-0.2, 0) is 22.8 Å². The highest BCUT2D eigenvalue weighted by molar-refractivity contribution is 6.62. The lowest BCUT2D eigenvalue weighted by molar-refractivity contribution is -0.146. The fraction of sp³-hybridized carbons (Fsp3) is 0.909. The van der Waals surface area contributed by atoms with Gasteiger partial charge in [-0.2, -0.15) is 0 Å². The number of esters is 1. The molecule has 0 aliphatic carbocycles. The summed E-state index contributed by atoms with van der Waals surface area (Å²) in [5, 5.41) is 0. The topological polar surface area (TPSA) is 54.0 Å². The molecule has 0 rings (SSSR count). The third-order valence-corrected chi connectivity index (χ3v) is 5.50. The van der Waals surface area contributed by atoms with Gasteiger partial charge in [-0.25, -0.2) is 0 Å². The number of hydrogen-bond acceptors (Lipinski definition) is 5. The van der Waals surface area contributed by atoms with Gasteiger partial charge in [0.05, 0.1) is 0 Å². The summed E-state index contributed by atoms with van der Waals surface area (Å²) in [7, 11) is -2.93. The van der Waals surface area contributed by atoms with Crippen LogP contribution in [0.25, 0.3) is 0 Å². The predicted molar refractivity (Wildman–Crippen MR) is 66.5 cm³/mol. The van der Waals surface area contributed by atoms with Gasteiger partial charge in [0.25, 0.3) is 0 Å². The van der Waals surface area contributed by atoms with E-state index in [4.69, 9.17) is 18.0 Å². The highest BCUT2D eigenvalue weighted by atomic mass is 28.4. The van der Waals surface area contributed by atoms with Gasteiger partial charge in [0.15, 0.2) is 5.73 Å². The Balaban J connectivity index is 4.96. The molecule has 0 saturated carbocycles. The summed E-state index contributed by atoms with van der Waals surface area (Å²) in [6.07, 6.45) is 0.617. The normalized spacial score (nSPS) is 13.5. The number of hydrogen-bond donors (Lipinski definition) is 0. The van der Waals surface area contributed by atoms with E-state index in [1.807, 2.05) is 27.7 Å². The second-order valence-electron chi connectivity index (χ2n) is 3.41. The van der Waals surface area contributed by atoms with Gasteiger partial charge in [-0.05, 0) is 27.2 Å². The van der Waals surface area contributed by atoms with Crippen LogP contribution in [0.3, 0.4) is 0 Å². The van der Waals surface area contributed by atoms with Gasteiger partial charge in [0.2, 0.25) is 0 Å². The minimum absolute atomic E-state index is 0.340. The average molecular weight is 264 g/mol. The molecular formula is C11H24O5Si. The maximum absolute atomic E-state index is 11.1. The van der Waals surface area contributed by atoms with E-state index in [0.717, 1.165) is 0 Å². The lowest BCUT2D eigenvalue weighted by atomic mass is 10.5. The number of carbonyl (C=O) groups excluding carboxylic acids is 1. The van der Waals surface area contributed by atoms with Crippen LogP contribution in [0.2, 0.25) is 0 Å². The molecule has 102 valence electrons. The Morgan fingerprint density at radius 1 is 1.00 bits per heavy atom. The Morgan fingerprint density at radius 2 is 1.41 bits per heavy atom. The predicted octanol–water partition coefficient (Wildman–Crippen LogP) is 1.92. The van der Waals surface area contributed by atoms with Crippen molar-refractivity contribution in [3.8, 4) is 0 Å².